The molecule has 1 aliphatic rings. The van der Waals surface area contributed by atoms with Crippen LogP contribution in [0.1, 0.15) is 129 Å². The average molecular weight is 417 g/mol. The Bertz CT molecular complexity index is 391. The van der Waals surface area contributed by atoms with E-state index < -0.39 is 17.7 Å². The van der Waals surface area contributed by atoms with Crippen LogP contribution in [0.3, 0.4) is 0 Å². The van der Waals surface area contributed by atoms with Crippen LogP contribution in [0.25, 0.3) is 0 Å². The molecule has 0 aromatic carbocycles. The van der Waals surface area contributed by atoms with E-state index in [2.05, 4.69) is 6.92 Å². The molecule has 1 heterocycles. The number of epoxide rings is 1. The number of unbranched alkanes of at least 4 members (excludes halogenated alkanes) is 14. The highest BCUT2D eigenvalue weighted by Crippen LogP contribution is 2.50. The van der Waals surface area contributed by atoms with Crippen LogP contribution >= 0.6 is 0 Å². The van der Waals surface area contributed by atoms with Crippen LogP contribution in [0.4, 0.5) is 0 Å². The van der Waals surface area contributed by atoms with Gasteiger partial charge in [-0.25, -0.2) is 0 Å². The maximum absolute atomic E-state index is 10.4. The van der Waals surface area contributed by atoms with E-state index in [1.807, 2.05) is 0 Å². The molecule has 1 saturated heterocycles. The zero-order valence-corrected chi connectivity index (χ0v) is 18.9. The highest BCUT2D eigenvalue weighted by atomic mass is 16.8. The summed E-state index contributed by atoms with van der Waals surface area (Å²) in [6.07, 6.45) is 19.7. The maximum Gasteiger partial charge on any atom is 0.223 e. The van der Waals surface area contributed by atoms with Crippen molar-refractivity contribution < 1.29 is 25.2 Å². The standard InChI is InChI=1S/C24H48O5/c1-2-3-4-5-6-7-8-10-13-16-19-23(27)24(28,29-23)20-17-14-11-9-12-15-18-22(26)21-25/h22,25-28H,2-21H2,1H3. The van der Waals surface area contributed by atoms with Crippen LogP contribution in [0.15, 0.2) is 0 Å². The Morgan fingerprint density at radius 2 is 1.00 bits per heavy atom. The molecule has 0 aliphatic carbocycles. The second kappa shape index (κ2) is 15.6. The van der Waals surface area contributed by atoms with Crippen molar-refractivity contribution in [3.05, 3.63) is 0 Å². The quantitative estimate of drug-likeness (QED) is 0.153. The molecule has 174 valence electrons. The summed E-state index contributed by atoms with van der Waals surface area (Å²) in [6, 6.07) is 0. The lowest BCUT2D eigenvalue weighted by Crippen LogP contribution is -2.25. The molecule has 5 nitrogen and oxygen atoms in total. The van der Waals surface area contributed by atoms with Crippen LogP contribution in [0.5, 0.6) is 0 Å². The van der Waals surface area contributed by atoms with Crippen LogP contribution in [-0.2, 0) is 4.74 Å². The van der Waals surface area contributed by atoms with Gasteiger partial charge in [-0.1, -0.05) is 96.8 Å². The molecule has 3 unspecified atom stereocenters. The fraction of sp³-hybridized carbons (Fsp3) is 1.00. The number of hydrogen-bond acceptors (Lipinski definition) is 5. The molecular weight excluding hydrogens is 368 g/mol. The molecule has 0 spiro atoms. The first kappa shape index (κ1) is 26.8. The molecule has 0 bridgehead atoms. The van der Waals surface area contributed by atoms with E-state index in [1.165, 1.54) is 51.4 Å². The molecule has 4 N–H and O–H groups in total. The molecule has 29 heavy (non-hydrogen) atoms. The highest BCUT2D eigenvalue weighted by molar-refractivity contribution is 4.99. The number of ether oxygens (including phenoxy) is 1. The molecule has 0 aromatic rings. The molecule has 0 radical (unpaired) electrons. The zero-order valence-electron chi connectivity index (χ0n) is 18.9. The van der Waals surface area contributed by atoms with Gasteiger partial charge in [0.1, 0.15) is 0 Å². The third-order valence-electron chi connectivity index (χ3n) is 6.29. The Hall–Kier alpha value is -0.200. The first-order valence-corrected chi connectivity index (χ1v) is 12.4. The van der Waals surface area contributed by atoms with Gasteiger partial charge in [0, 0.05) is 12.8 Å². The van der Waals surface area contributed by atoms with Gasteiger partial charge in [0.2, 0.25) is 11.6 Å². The van der Waals surface area contributed by atoms with Crippen molar-refractivity contribution in [3.63, 3.8) is 0 Å². The molecule has 5 heteroatoms. The molecule has 0 amide bonds. The average Bonchev–Trinajstić information content (AvgIpc) is 3.25. The second-order valence-electron chi connectivity index (χ2n) is 9.10. The lowest BCUT2D eigenvalue weighted by molar-refractivity contribution is 0.00711. The third-order valence-corrected chi connectivity index (χ3v) is 6.29. The molecular formula is C24H48O5. The third kappa shape index (κ3) is 11.7. The van der Waals surface area contributed by atoms with Crippen molar-refractivity contribution in [1.29, 1.82) is 0 Å². The lowest BCUT2D eigenvalue weighted by atomic mass is 9.99. The summed E-state index contributed by atoms with van der Waals surface area (Å²) in [5.74, 6) is -2.63. The second-order valence-corrected chi connectivity index (χ2v) is 9.10. The van der Waals surface area contributed by atoms with Gasteiger partial charge in [-0.15, -0.1) is 0 Å². The molecule has 0 saturated carbocycles. The Kier molecular flexibility index (Phi) is 14.4. The smallest absolute Gasteiger partial charge is 0.223 e. The first-order chi connectivity index (χ1) is 14.0. The van der Waals surface area contributed by atoms with E-state index in [0.29, 0.717) is 19.3 Å². The zero-order chi connectivity index (χ0) is 21.4. The fourth-order valence-electron chi connectivity index (χ4n) is 4.14. The minimum atomic E-state index is -1.32. The van der Waals surface area contributed by atoms with Crippen LogP contribution in [-0.4, -0.2) is 44.7 Å². The largest absolute Gasteiger partial charge is 0.394 e. The topological polar surface area (TPSA) is 93.5 Å². The number of aliphatic hydroxyl groups is 4. The predicted octanol–water partition coefficient (Wildman–Crippen LogP) is 5.18. The molecule has 1 aliphatic heterocycles. The lowest BCUT2D eigenvalue weighted by Gasteiger charge is -2.11. The minimum Gasteiger partial charge on any atom is -0.394 e. The van der Waals surface area contributed by atoms with E-state index in [-0.39, 0.29) is 6.61 Å². The summed E-state index contributed by atoms with van der Waals surface area (Å²) in [5, 5.41) is 38.8. The van der Waals surface area contributed by atoms with E-state index in [0.717, 1.165) is 51.4 Å². The van der Waals surface area contributed by atoms with Crippen molar-refractivity contribution in [2.24, 2.45) is 0 Å². The van der Waals surface area contributed by atoms with E-state index >= 15 is 0 Å². The van der Waals surface area contributed by atoms with E-state index in [4.69, 9.17) is 9.84 Å². The van der Waals surface area contributed by atoms with Crippen LogP contribution in [0.2, 0.25) is 0 Å². The van der Waals surface area contributed by atoms with Crippen molar-refractivity contribution in [2.45, 2.75) is 147 Å². The fourth-order valence-corrected chi connectivity index (χ4v) is 4.14. The number of rotatable bonds is 21. The summed E-state index contributed by atoms with van der Waals surface area (Å²) in [7, 11) is 0. The Balaban J connectivity index is 1.92. The van der Waals surface area contributed by atoms with Gasteiger partial charge in [0.15, 0.2) is 0 Å². The van der Waals surface area contributed by atoms with Crippen molar-refractivity contribution in [1.82, 2.24) is 0 Å². The summed E-state index contributed by atoms with van der Waals surface area (Å²) < 4.78 is 5.32. The van der Waals surface area contributed by atoms with E-state index in [9.17, 15) is 15.3 Å². The maximum atomic E-state index is 10.4. The minimum absolute atomic E-state index is 0.152. The first-order valence-electron chi connectivity index (χ1n) is 12.4. The molecule has 3 atom stereocenters. The van der Waals surface area contributed by atoms with Crippen LogP contribution < -0.4 is 0 Å². The van der Waals surface area contributed by atoms with Crippen LogP contribution in [0, 0.1) is 0 Å². The van der Waals surface area contributed by atoms with Gasteiger partial charge in [-0.3, -0.25) is 0 Å². The van der Waals surface area contributed by atoms with Crippen molar-refractivity contribution >= 4 is 0 Å². The Morgan fingerprint density at radius 1 is 0.621 bits per heavy atom. The highest BCUT2D eigenvalue weighted by Gasteiger charge is 2.68. The van der Waals surface area contributed by atoms with E-state index in [1.54, 1.807) is 0 Å². The van der Waals surface area contributed by atoms with Gasteiger partial charge in [-0.2, -0.15) is 0 Å². The Morgan fingerprint density at radius 3 is 1.41 bits per heavy atom. The molecule has 1 rings (SSSR count). The van der Waals surface area contributed by atoms with Crippen molar-refractivity contribution in [2.75, 3.05) is 6.61 Å². The summed E-state index contributed by atoms with van der Waals surface area (Å²) >= 11 is 0. The van der Waals surface area contributed by atoms with Gasteiger partial charge in [-0.05, 0) is 19.3 Å². The van der Waals surface area contributed by atoms with Gasteiger partial charge >= 0.3 is 0 Å². The summed E-state index contributed by atoms with van der Waals surface area (Å²) in [4.78, 5) is 0. The van der Waals surface area contributed by atoms with Gasteiger partial charge in [0.05, 0.1) is 12.7 Å². The summed E-state index contributed by atoms with van der Waals surface area (Å²) in [5.41, 5.74) is 0. The monoisotopic (exact) mass is 416 g/mol. The Labute approximate surface area is 178 Å². The normalized spacial score (nSPS) is 24.7. The van der Waals surface area contributed by atoms with Gasteiger partial charge < -0.3 is 25.2 Å². The number of aliphatic hydroxyl groups excluding tert-OH is 2. The SMILES string of the molecule is CCCCCCCCCCCCC1(O)OC1(O)CCCCCCCCC(O)CO. The number of hydrogen-bond donors (Lipinski definition) is 4. The predicted molar refractivity (Wildman–Crippen MR) is 117 cm³/mol. The van der Waals surface area contributed by atoms with Crippen molar-refractivity contribution in [3.8, 4) is 0 Å². The van der Waals surface area contributed by atoms with Gasteiger partial charge in [0.25, 0.3) is 0 Å². The molecule has 0 aromatic heterocycles. The summed E-state index contributed by atoms with van der Waals surface area (Å²) in [6.45, 7) is 2.09. The molecule has 1 fully saturated rings.